The minimum absolute atomic E-state index is 0.0298. The summed E-state index contributed by atoms with van der Waals surface area (Å²) in [6, 6.07) is 9.19. The lowest BCUT2D eigenvalue weighted by atomic mass is 10.2. The molecule has 4 nitrogen and oxygen atoms in total. The number of benzene rings is 2. The summed E-state index contributed by atoms with van der Waals surface area (Å²) in [4.78, 5) is 26.9. The van der Waals surface area contributed by atoms with Crippen LogP contribution in [0.1, 0.15) is 5.56 Å². The van der Waals surface area contributed by atoms with E-state index < -0.39 is 28.8 Å². The molecule has 2 amide bonds. The third-order valence-electron chi connectivity index (χ3n) is 3.78. The topological polar surface area (TPSA) is 49.4 Å². The van der Waals surface area contributed by atoms with Crippen molar-refractivity contribution in [3.05, 3.63) is 53.1 Å². The highest BCUT2D eigenvalue weighted by molar-refractivity contribution is 8.01. The molecule has 0 bridgehead atoms. The molecule has 136 valence electrons. The van der Waals surface area contributed by atoms with Crippen LogP contribution >= 0.6 is 23.4 Å². The van der Waals surface area contributed by atoms with Gasteiger partial charge in [0.05, 0.1) is 11.3 Å². The van der Waals surface area contributed by atoms with Crippen molar-refractivity contribution in [3.63, 3.8) is 0 Å². The Morgan fingerprint density at radius 1 is 1.23 bits per heavy atom. The third-order valence-corrected chi connectivity index (χ3v) is 5.25. The zero-order chi connectivity index (χ0) is 19.1. The molecule has 26 heavy (non-hydrogen) atoms. The normalized spacial score (nSPS) is 17.0. The Hall–Kier alpha value is -2.19. The quantitative estimate of drug-likeness (QED) is 0.758. The molecule has 0 radical (unpaired) electrons. The van der Waals surface area contributed by atoms with E-state index in [-0.39, 0.29) is 5.69 Å². The average molecular weight is 401 g/mol. The fraction of sp³-hybridized carbons (Fsp3) is 0.176. The molecule has 0 aromatic heterocycles. The van der Waals surface area contributed by atoms with E-state index in [9.17, 15) is 22.8 Å². The van der Waals surface area contributed by atoms with E-state index in [1.807, 2.05) is 0 Å². The molecule has 1 aliphatic rings. The lowest BCUT2D eigenvalue weighted by Crippen LogP contribution is -2.44. The van der Waals surface area contributed by atoms with Gasteiger partial charge < -0.3 is 10.2 Å². The first-order chi connectivity index (χ1) is 12.2. The van der Waals surface area contributed by atoms with E-state index in [2.05, 4.69) is 5.32 Å². The highest BCUT2D eigenvalue weighted by Crippen LogP contribution is 2.40. The fourth-order valence-corrected chi connectivity index (χ4v) is 3.91. The van der Waals surface area contributed by atoms with Gasteiger partial charge in [-0.05, 0) is 36.4 Å². The number of alkyl halides is 3. The summed E-state index contributed by atoms with van der Waals surface area (Å²) in [5.74, 6) is -1.16. The lowest BCUT2D eigenvalue weighted by Gasteiger charge is -2.30. The van der Waals surface area contributed by atoms with E-state index in [0.717, 1.165) is 23.9 Å². The molecule has 0 saturated heterocycles. The Morgan fingerprint density at radius 2 is 1.96 bits per heavy atom. The summed E-state index contributed by atoms with van der Waals surface area (Å²) >= 11 is 6.96. The number of carbonyl (C=O) groups is 2. The van der Waals surface area contributed by atoms with Gasteiger partial charge in [-0.2, -0.15) is 13.2 Å². The Kier molecular flexibility index (Phi) is 4.90. The van der Waals surface area contributed by atoms with Gasteiger partial charge in [0.1, 0.15) is 0 Å². The van der Waals surface area contributed by atoms with Crippen molar-refractivity contribution >= 4 is 46.6 Å². The summed E-state index contributed by atoms with van der Waals surface area (Å²) in [5.41, 5.74) is -0.294. The molecular weight excluding hydrogens is 389 g/mol. The lowest BCUT2D eigenvalue weighted by molar-refractivity contribution is -0.137. The SMILES string of the molecule is CN1C(=O)C(C(=O)Nc2cccc(C(F)(F)F)c2)Sc2cc(Cl)ccc21. The van der Waals surface area contributed by atoms with Crippen LogP contribution in [0.3, 0.4) is 0 Å². The van der Waals surface area contributed by atoms with Crippen molar-refractivity contribution in [3.8, 4) is 0 Å². The Bertz CT molecular complexity index is 889. The molecule has 0 saturated carbocycles. The molecule has 1 aliphatic heterocycles. The van der Waals surface area contributed by atoms with E-state index in [4.69, 9.17) is 11.6 Å². The van der Waals surface area contributed by atoms with Crippen LogP contribution in [-0.2, 0) is 15.8 Å². The number of amides is 2. The third kappa shape index (κ3) is 3.66. The monoisotopic (exact) mass is 400 g/mol. The molecule has 0 fully saturated rings. The zero-order valence-electron chi connectivity index (χ0n) is 13.3. The van der Waals surface area contributed by atoms with Crippen LogP contribution in [0.4, 0.5) is 24.5 Å². The van der Waals surface area contributed by atoms with Gasteiger partial charge in [-0.25, -0.2) is 0 Å². The molecule has 1 atom stereocenters. The van der Waals surface area contributed by atoms with E-state index in [1.165, 1.54) is 24.1 Å². The van der Waals surface area contributed by atoms with Crippen LogP contribution in [0.5, 0.6) is 0 Å². The second-order valence-corrected chi connectivity index (χ2v) is 7.16. The molecule has 2 aromatic rings. The van der Waals surface area contributed by atoms with Crippen LogP contribution in [0.2, 0.25) is 5.02 Å². The number of hydrogen-bond acceptors (Lipinski definition) is 3. The summed E-state index contributed by atoms with van der Waals surface area (Å²) < 4.78 is 38.4. The van der Waals surface area contributed by atoms with E-state index in [0.29, 0.717) is 15.6 Å². The minimum atomic E-state index is -4.52. The van der Waals surface area contributed by atoms with Crippen molar-refractivity contribution in [2.75, 3.05) is 17.3 Å². The molecule has 1 unspecified atom stereocenters. The number of halogens is 4. The van der Waals surface area contributed by atoms with Crippen LogP contribution in [0, 0.1) is 0 Å². The van der Waals surface area contributed by atoms with Gasteiger partial charge in [0.2, 0.25) is 11.8 Å². The largest absolute Gasteiger partial charge is 0.416 e. The Labute approximate surface area is 156 Å². The van der Waals surface area contributed by atoms with Crippen molar-refractivity contribution in [1.82, 2.24) is 0 Å². The Morgan fingerprint density at radius 3 is 2.65 bits per heavy atom. The van der Waals surface area contributed by atoms with Gasteiger partial charge in [0, 0.05) is 22.7 Å². The number of fused-ring (bicyclic) bond motifs is 1. The van der Waals surface area contributed by atoms with Gasteiger partial charge in [-0.3, -0.25) is 9.59 Å². The fourth-order valence-electron chi connectivity index (χ4n) is 2.48. The maximum Gasteiger partial charge on any atom is 0.416 e. The molecule has 2 aromatic carbocycles. The maximum absolute atomic E-state index is 12.8. The van der Waals surface area contributed by atoms with Gasteiger partial charge >= 0.3 is 6.18 Å². The number of rotatable bonds is 2. The molecule has 1 N–H and O–H groups in total. The first-order valence-corrected chi connectivity index (χ1v) is 8.64. The van der Waals surface area contributed by atoms with Gasteiger partial charge in [-0.15, -0.1) is 11.8 Å². The molecular formula is C17H12ClF3N2O2S. The highest BCUT2D eigenvalue weighted by atomic mass is 35.5. The summed E-state index contributed by atoms with van der Waals surface area (Å²) in [7, 11) is 1.53. The highest BCUT2D eigenvalue weighted by Gasteiger charge is 2.37. The first-order valence-electron chi connectivity index (χ1n) is 7.39. The van der Waals surface area contributed by atoms with Crippen molar-refractivity contribution in [2.24, 2.45) is 0 Å². The molecule has 9 heteroatoms. The van der Waals surface area contributed by atoms with Crippen LogP contribution in [0.15, 0.2) is 47.4 Å². The molecule has 0 aliphatic carbocycles. The number of nitrogens with zero attached hydrogens (tertiary/aromatic N) is 1. The smallest absolute Gasteiger partial charge is 0.325 e. The average Bonchev–Trinajstić information content (AvgIpc) is 2.57. The van der Waals surface area contributed by atoms with Crippen LogP contribution < -0.4 is 10.2 Å². The predicted molar refractivity (Wildman–Crippen MR) is 94.6 cm³/mol. The first kappa shape index (κ1) is 18.6. The summed E-state index contributed by atoms with van der Waals surface area (Å²) in [6.45, 7) is 0. The van der Waals surface area contributed by atoms with Crippen LogP contribution in [0.25, 0.3) is 0 Å². The number of carbonyl (C=O) groups excluding carboxylic acids is 2. The van der Waals surface area contributed by atoms with Gasteiger partial charge in [-0.1, -0.05) is 17.7 Å². The maximum atomic E-state index is 12.8. The second kappa shape index (κ2) is 6.85. The number of nitrogens with one attached hydrogen (secondary N) is 1. The van der Waals surface area contributed by atoms with E-state index in [1.54, 1.807) is 18.2 Å². The van der Waals surface area contributed by atoms with Crippen molar-refractivity contribution in [2.45, 2.75) is 16.3 Å². The number of hydrogen-bond donors (Lipinski definition) is 1. The van der Waals surface area contributed by atoms with Gasteiger partial charge in [0.15, 0.2) is 5.25 Å². The zero-order valence-corrected chi connectivity index (χ0v) is 14.9. The Balaban J connectivity index is 1.83. The van der Waals surface area contributed by atoms with Crippen LogP contribution in [-0.4, -0.2) is 24.1 Å². The number of anilines is 2. The predicted octanol–water partition coefficient (Wildman–Crippen LogP) is 4.43. The molecule has 0 spiro atoms. The van der Waals surface area contributed by atoms with Crippen molar-refractivity contribution in [1.29, 1.82) is 0 Å². The summed E-state index contributed by atoms with van der Waals surface area (Å²) in [6.07, 6.45) is -4.52. The second-order valence-electron chi connectivity index (χ2n) is 5.58. The molecule has 3 rings (SSSR count). The molecule has 1 heterocycles. The van der Waals surface area contributed by atoms with E-state index >= 15 is 0 Å². The standard InChI is InChI=1S/C17H12ClF3N2O2S/c1-23-12-6-5-10(18)8-13(12)26-14(16(23)25)15(24)22-11-4-2-3-9(7-11)17(19,20)21/h2-8,14H,1H3,(H,22,24). The number of thioether (sulfide) groups is 1. The van der Waals surface area contributed by atoms with Gasteiger partial charge in [0.25, 0.3) is 0 Å². The summed E-state index contributed by atoms with van der Waals surface area (Å²) in [5, 5.41) is 1.71. The minimum Gasteiger partial charge on any atom is -0.325 e. The van der Waals surface area contributed by atoms with Crippen molar-refractivity contribution < 1.29 is 22.8 Å².